The minimum absolute atomic E-state index is 0.0344. The van der Waals surface area contributed by atoms with Crippen LogP contribution in [-0.2, 0) is 4.79 Å². The quantitative estimate of drug-likeness (QED) is 0.571. The van der Waals surface area contributed by atoms with Gasteiger partial charge in [-0.3, -0.25) is 19.7 Å². The summed E-state index contributed by atoms with van der Waals surface area (Å²) in [7, 11) is 0. The van der Waals surface area contributed by atoms with Crippen molar-refractivity contribution in [3.63, 3.8) is 0 Å². The zero-order valence-corrected chi connectivity index (χ0v) is 16.2. The zero-order chi connectivity index (χ0) is 20.8. The van der Waals surface area contributed by atoms with Gasteiger partial charge in [-0.15, -0.1) is 0 Å². The largest absolute Gasteiger partial charge is 0.494 e. The van der Waals surface area contributed by atoms with Crippen molar-refractivity contribution in [3.8, 4) is 5.75 Å². The lowest BCUT2D eigenvalue weighted by Gasteiger charge is -2.25. The number of non-ortho nitro benzene ring substituents is 1. The second-order valence-corrected chi connectivity index (χ2v) is 6.74. The Morgan fingerprint density at radius 2 is 2.00 bits per heavy atom. The number of amides is 2. The van der Waals surface area contributed by atoms with Gasteiger partial charge in [0.25, 0.3) is 11.6 Å². The fourth-order valence-corrected chi connectivity index (χ4v) is 3.48. The molecule has 0 unspecified atom stereocenters. The van der Waals surface area contributed by atoms with Crippen LogP contribution < -0.4 is 10.1 Å². The molecule has 0 aliphatic carbocycles. The van der Waals surface area contributed by atoms with Crippen LogP contribution >= 0.6 is 0 Å². The molecule has 8 nitrogen and oxygen atoms in total. The molecule has 2 aromatic rings. The van der Waals surface area contributed by atoms with E-state index in [9.17, 15) is 19.7 Å². The number of rotatable bonds is 7. The van der Waals surface area contributed by atoms with E-state index in [1.165, 1.54) is 24.3 Å². The molecule has 0 radical (unpaired) electrons. The highest BCUT2D eigenvalue weighted by Gasteiger charge is 2.30. The van der Waals surface area contributed by atoms with Crippen LogP contribution in [0.3, 0.4) is 0 Å². The van der Waals surface area contributed by atoms with Crippen molar-refractivity contribution in [1.82, 2.24) is 10.2 Å². The Kier molecular flexibility index (Phi) is 6.43. The maximum absolute atomic E-state index is 12.7. The van der Waals surface area contributed by atoms with Crippen molar-refractivity contribution in [2.75, 3.05) is 19.7 Å². The summed E-state index contributed by atoms with van der Waals surface area (Å²) in [6.45, 7) is 2.99. The van der Waals surface area contributed by atoms with E-state index in [2.05, 4.69) is 5.32 Å². The van der Waals surface area contributed by atoms with Crippen molar-refractivity contribution in [3.05, 3.63) is 69.8 Å². The molecule has 0 aromatic heterocycles. The van der Waals surface area contributed by atoms with Crippen LogP contribution in [0.4, 0.5) is 5.69 Å². The van der Waals surface area contributed by atoms with Crippen molar-refractivity contribution in [2.24, 2.45) is 0 Å². The second kappa shape index (κ2) is 9.18. The highest BCUT2D eigenvalue weighted by atomic mass is 16.6. The molecule has 29 heavy (non-hydrogen) atoms. The molecule has 1 heterocycles. The summed E-state index contributed by atoms with van der Waals surface area (Å²) in [4.78, 5) is 37.0. The van der Waals surface area contributed by atoms with Gasteiger partial charge in [0.2, 0.25) is 5.91 Å². The van der Waals surface area contributed by atoms with Crippen LogP contribution in [0.1, 0.15) is 41.7 Å². The number of carbonyl (C=O) groups excluding carboxylic acids is 2. The number of likely N-dealkylation sites (tertiary alicyclic amines) is 1. The Bertz CT molecular complexity index is 897. The SMILES string of the molecule is CCOc1ccc([C@H]2CCCN2C(=O)CNC(=O)c2cccc([N+](=O)[O-])c2)cc1. The minimum Gasteiger partial charge on any atom is -0.494 e. The number of nitro groups is 1. The average molecular weight is 397 g/mol. The van der Waals surface area contributed by atoms with Crippen molar-refractivity contribution in [1.29, 1.82) is 0 Å². The lowest BCUT2D eigenvalue weighted by molar-refractivity contribution is -0.384. The van der Waals surface area contributed by atoms with E-state index in [0.717, 1.165) is 24.2 Å². The molecule has 152 valence electrons. The number of ether oxygens (including phenoxy) is 1. The van der Waals surface area contributed by atoms with Gasteiger partial charge in [0.15, 0.2) is 0 Å². The third-order valence-electron chi connectivity index (χ3n) is 4.87. The number of nitrogens with one attached hydrogen (secondary N) is 1. The summed E-state index contributed by atoms with van der Waals surface area (Å²) in [5.41, 5.74) is 1.01. The lowest BCUT2D eigenvalue weighted by atomic mass is 10.0. The van der Waals surface area contributed by atoms with Crippen molar-refractivity contribution in [2.45, 2.75) is 25.8 Å². The van der Waals surface area contributed by atoms with E-state index < -0.39 is 10.8 Å². The Morgan fingerprint density at radius 1 is 1.24 bits per heavy atom. The fourth-order valence-electron chi connectivity index (χ4n) is 3.48. The maximum atomic E-state index is 12.7. The molecule has 1 N–H and O–H groups in total. The van der Waals surface area contributed by atoms with Crippen LogP contribution in [0.2, 0.25) is 0 Å². The van der Waals surface area contributed by atoms with Crippen molar-refractivity contribution < 1.29 is 19.2 Å². The van der Waals surface area contributed by atoms with Gasteiger partial charge in [-0.05, 0) is 43.5 Å². The molecule has 3 rings (SSSR count). The van der Waals surface area contributed by atoms with Crippen LogP contribution in [0.25, 0.3) is 0 Å². The molecule has 1 fully saturated rings. The van der Waals surface area contributed by atoms with Gasteiger partial charge in [-0.2, -0.15) is 0 Å². The molecule has 1 aliphatic heterocycles. The van der Waals surface area contributed by atoms with Crippen LogP contribution in [0.5, 0.6) is 5.75 Å². The van der Waals surface area contributed by atoms with Crippen LogP contribution in [0.15, 0.2) is 48.5 Å². The first-order chi connectivity index (χ1) is 14.0. The number of benzene rings is 2. The normalized spacial score (nSPS) is 15.8. The van der Waals surface area contributed by atoms with Crippen LogP contribution in [-0.4, -0.2) is 41.3 Å². The van der Waals surface area contributed by atoms with E-state index in [4.69, 9.17) is 4.74 Å². The Labute approximate surface area is 168 Å². The zero-order valence-electron chi connectivity index (χ0n) is 16.2. The van der Waals surface area contributed by atoms with E-state index in [1.54, 1.807) is 4.90 Å². The Hall–Kier alpha value is -3.42. The van der Waals surface area contributed by atoms with Crippen LogP contribution in [0, 0.1) is 10.1 Å². The van der Waals surface area contributed by atoms with Gasteiger partial charge in [0.1, 0.15) is 5.75 Å². The van der Waals surface area contributed by atoms with Gasteiger partial charge in [-0.1, -0.05) is 18.2 Å². The highest BCUT2D eigenvalue weighted by molar-refractivity contribution is 5.97. The lowest BCUT2D eigenvalue weighted by Crippen LogP contribution is -2.39. The molecule has 2 amide bonds. The molecule has 0 spiro atoms. The summed E-state index contributed by atoms with van der Waals surface area (Å²) >= 11 is 0. The van der Waals surface area contributed by atoms with E-state index >= 15 is 0 Å². The number of hydrogen-bond acceptors (Lipinski definition) is 5. The van der Waals surface area contributed by atoms with E-state index in [0.29, 0.717) is 13.2 Å². The third kappa shape index (κ3) is 4.90. The monoisotopic (exact) mass is 397 g/mol. The smallest absolute Gasteiger partial charge is 0.270 e. The Balaban J connectivity index is 1.61. The summed E-state index contributed by atoms with van der Waals surface area (Å²) in [5, 5.41) is 13.4. The van der Waals surface area contributed by atoms with Gasteiger partial charge >= 0.3 is 0 Å². The number of nitrogens with zero attached hydrogens (tertiary/aromatic N) is 2. The average Bonchev–Trinajstić information content (AvgIpc) is 3.22. The molecule has 1 atom stereocenters. The molecular weight excluding hydrogens is 374 g/mol. The first-order valence-corrected chi connectivity index (χ1v) is 9.54. The molecule has 0 saturated carbocycles. The van der Waals surface area contributed by atoms with E-state index in [1.807, 2.05) is 31.2 Å². The van der Waals surface area contributed by atoms with Gasteiger partial charge < -0.3 is 15.0 Å². The highest BCUT2D eigenvalue weighted by Crippen LogP contribution is 2.32. The minimum atomic E-state index is -0.562. The molecule has 0 bridgehead atoms. The van der Waals surface area contributed by atoms with Crippen molar-refractivity contribution >= 4 is 17.5 Å². The summed E-state index contributed by atoms with van der Waals surface area (Å²) in [5.74, 6) is 0.0929. The number of hydrogen-bond donors (Lipinski definition) is 1. The standard InChI is InChI=1S/C21H23N3O5/c1-2-29-18-10-8-15(9-11-18)19-7-4-12-23(19)20(25)14-22-21(26)16-5-3-6-17(13-16)24(27)28/h3,5-6,8-11,13,19H,2,4,7,12,14H2,1H3,(H,22,26)/t19-/m1/s1. The second-order valence-electron chi connectivity index (χ2n) is 6.74. The van der Waals surface area contributed by atoms with Gasteiger partial charge in [0, 0.05) is 24.2 Å². The number of nitro benzene ring substituents is 1. The molecule has 2 aromatic carbocycles. The summed E-state index contributed by atoms with van der Waals surface area (Å²) in [6, 6.07) is 13.1. The maximum Gasteiger partial charge on any atom is 0.270 e. The topological polar surface area (TPSA) is 102 Å². The number of carbonyl (C=O) groups is 2. The predicted molar refractivity (Wildman–Crippen MR) is 107 cm³/mol. The Morgan fingerprint density at radius 3 is 2.69 bits per heavy atom. The first-order valence-electron chi connectivity index (χ1n) is 9.54. The van der Waals surface area contributed by atoms with Gasteiger partial charge in [-0.25, -0.2) is 0 Å². The predicted octanol–water partition coefficient (Wildman–Crippen LogP) is 3.09. The summed E-state index contributed by atoms with van der Waals surface area (Å²) in [6.07, 6.45) is 1.75. The fraction of sp³-hybridized carbons (Fsp3) is 0.333. The molecule has 1 saturated heterocycles. The summed E-state index contributed by atoms with van der Waals surface area (Å²) < 4.78 is 5.46. The van der Waals surface area contributed by atoms with Gasteiger partial charge in [0.05, 0.1) is 24.1 Å². The van der Waals surface area contributed by atoms with E-state index in [-0.39, 0.29) is 29.7 Å². The third-order valence-corrected chi connectivity index (χ3v) is 4.87. The molecule has 8 heteroatoms. The first kappa shape index (κ1) is 20.3. The molecule has 1 aliphatic rings. The molecular formula is C21H23N3O5.